The second-order valence-electron chi connectivity index (χ2n) is 5.47. The predicted molar refractivity (Wildman–Crippen MR) is 91.9 cm³/mol. The van der Waals surface area contributed by atoms with Crippen LogP contribution in [0, 0.1) is 0 Å². The van der Waals surface area contributed by atoms with Crippen molar-refractivity contribution in [3.8, 4) is 0 Å². The smallest absolute Gasteiger partial charge is 0.260 e. The molecule has 0 saturated carbocycles. The lowest BCUT2D eigenvalue weighted by atomic mass is 10.4. The summed E-state index contributed by atoms with van der Waals surface area (Å²) in [6, 6.07) is 6.55. The van der Waals surface area contributed by atoms with E-state index in [0.29, 0.717) is 44.6 Å². The number of hydrogen-bond donors (Lipinski definition) is 0. The van der Waals surface area contributed by atoms with E-state index in [1.54, 1.807) is 24.3 Å². The van der Waals surface area contributed by atoms with E-state index in [4.69, 9.17) is 28.6 Å². The Kier molecular flexibility index (Phi) is 5.07. The van der Waals surface area contributed by atoms with Crippen molar-refractivity contribution < 1.29 is 13.2 Å². The standard InChI is InChI=1S/C14H18ClN3O3S2/c15-12-3-1-2-4-13(12)23(19,20)18-7-5-16(6-8-18)11-17-9-10-21-14(17)22/h1-4H,5-11H2. The molecule has 126 valence electrons. The van der Waals surface area contributed by atoms with Gasteiger partial charge in [-0.1, -0.05) is 23.7 Å². The Morgan fingerprint density at radius 1 is 1.13 bits per heavy atom. The van der Waals surface area contributed by atoms with Crippen molar-refractivity contribution in [2.75, 3.05) is 46.0 Å². The first-order valence-corrected chi connectivity index (χ1v) is 9.60. The lowest BCUT2D eigenvalue weighted by molar-refractivity contribution is 0.142. The number of ether oxygens (including phenoxy) is 1. The van der Waals surface area contributed by atoms with Crippen LogP contribution in [0.25, 0.3) is 0 Å². The molecule has 2 saturated heterocycles. The summed E-state index contributed by atoms with van der Waals surface area (Å²) in [5.74, 6) is 0. The van der Waals surface area contributed by atoms with Crippen molar-refractivity contribution in [2.24, 2.45) is 0 Å². The lowest BCUT2D eigenvalue weighted by Gasteiger charge is -2.35. The fourth-order valence-electron chi connectivity index (χ4n) is 2.70. The molecule has 2 fully saturated rings. The molecule has 1 aromatic rings. The van der Waals surface area contributed by atoms with Crippen molar-refractivity contribution in [2.45, 2.75) is 4.90 Å². The van der Waals surface area contributed by atoms with Gasteiger partial charge < -0.3 is 9.64 Å². The van der Waals surface area contributed by atoms with Crippen LogP contribution in [0.4, 0.5) is 0 Å². The highest BCUT2D eigenvalue weighted by atomic mass is 35.5. The van der Waals surface area contributed by atoms with Gasteiger partial charge in [0.05, 0.1) is 18.2 Å². The minimum Gasteiger partial charge on any atom is -0.469 e. The number of rotatable bonds is 4. The van der Waals surface area contributed by atoms with Crippen LogP contribution in [-0.2, 0) is 14.8 Å². The van der Waals surface area contributed by atoms with Gasteiger partial charge in [0, 0.05) is 26.2 Å². The molecule has 0 atom stereocenters. The summed E-state index contributed by atoms with van der Waals surface area (Å²) < 4.78 is 32.1. The minimum atomic E-state index is -3.54. The number of piperazine rings is 1. The molecular weight excluding hydrogens is 358 g/mol. The van der Waals surface area contributed by atoms with Crippen LogP contribution in [0.5, 0.6) is 0 Å². The van der Waals surface area contributed by atoms with Gasteiger partial charge in [0.1, 0.15) is 11.5 Å². The molecule has 0 bridgehead atoms. The Bertz CT molecular complexity index is 690. The number of thiocarbonyl (C=S) groups is 1. The Hall–Kier alpha value is -0.930. The lowest BCUT2D eigenvalue weighted by Crippen LogP contribution is -2.51. The molecule has 0 spiro atoms. The van der Waals surface area contributed by atoms with Crippen molar-refractivity contribution in [3.63, 3.8) is 0 Å². The third-order valence-corrected chi connectivity index (χ3v) is 6.78. The number of benzene rings is 1. The molecule has 0 unspecified atom stereocenters. The number of sulfonamides is 1. The molecule has 2 aliphatic heterocycles. The summed E-state index contributed by atoms with van der Waals surface area (Å²) in [6.07, 6.45) is 0. The van der Waals surface area contributed by atoms with E-state index in [-0.39, 0.29) is 9.92 Å². The van der Waals surface area contributed by atoms with Crippen LogP contribution in [0.2, 0.25) is 5.02 Å². The van der Waals surface area contributed by atoms with Crippen LogP contribution in [0.3, 0.4) is 0 Å². The van der Waals surface area contributed by atoms with Crippen LogP contribution in [0.1, 0.15) is 0 Å². The van der Waals surface area contributed by atoms with Gasteiger partial charge in [0.15, 0.2) is 0 Å². The van der Waals surface area contributed by atoms with Crippen molar-refractivity contribution in [1.29, 1.82) is 0 Å². The third kappa shape index (κ3) is 3.61. The third-order valence-electron chi connectivity index (χ3n) is 4.00. The van der Waals surface area contributed by atoms with Crippen molar-refractivity contribution in [1.82, 2.24) is 14.1 Å². The largest absolute Gasteiger partial charge is 0.469 e. The van der Waals surface area contributed by atoms with Gasteiger partial charge in [-0.3, -0.25) is 4.90 Å². The second kappa shape index (κ2) is 6.90. The van der Waals surface area contributed by atoms with Crippen LogP contribution < -0.4 is 0 Å². The predicted octanol–water partition coefficient (Wildman–Crippen LogP) is 1.22. The summed E-state index contributed by atoms with van der Waals surface area (Å²) in [5, 5.41) is 0.783. The summed E-state index contributed by atoms with van der Waals surface area (Å²) in [5.41, 5.74) is 0. The fourth-order valence-corrected chi connectivity index (χ4v) is 4.85. The monoisotopic (exact) mass is 375 g/mol. The molecule has 9 heteroatoms. The Morgan fingerprint density at radius 2 is 1.83 bits per heavy atom. The van der Waals surface area contributed by atoms with Crippen molar-refractivity contribution >= 4 is 39.0 Å². The Labute approximate surface area is 146 Å². The van der Waals surface area contributed by atoms with E-state index in [1.165, 1.54) is 4.31 Å². The molecule has 23 heavy (non-hydrogen) atoms. The molecule has 0 aromatic heterocycles. The van der Waals surface area contributed by atoms with Gasteiger partial charge in [-0.25, -0.2) is 8.42 Å². The molecule has 1 aromatic carbocycles. The van der Waals surface area contributed by atoms with E-state index in [0.717, 1.165) is 6.54 Å². The molecule has 0 amide bonds. The zero-order valence-electron chi connectivity index (χ0n) is 12.5. The average molecular weight is 376 g/mol. The highest BCUT2D eigenvalue weighted by Crippen LogP contribution is 2.25. The zero-order valence-corrected chi connectivity index (χ0v) is 14.9. The first kappa shape index (κ1) is 16.9. The van der Waals surface area contributed by atoms with Gasteiger partial charge in [-0.2, -0.15) is 4.31 Å². The topological polar surface area (TPSA) is 53.1 Å². The average Bonchev–Trinajstić information content (AvgIpc) is 2.93. The Morgan fingerprint density at radius 3 is 2.43 bits per heavy atom. The highest BCUT2D eigenvalue weighted by molar-refractivity contribution is 7.89. The van der Waals surface area contributed by atoms with Crippen LogP contribution >= 0.6 is 23.8 Å². The van der Waals surface area contributed by atoms with Gasteiger partial charge in [0.25, 0.3) is 5.17 Å². The molecule has 0 N–H and O–H groups in total. The molecule has 2 heterocycles. The normalized spacial score (nSPS) is 20.7. The van der Waals surface area contributed by atoms with Crippen LogP contribution in [-0.4, -0.2) is 73.7 Å². The van der Waals surface area contributed by atoms with Gasteiger partial charge in [-0.15, -0.1) is 0 Å². The molecular formula is C14H18ClN3O3S2. The number of nitrogens with zero attached hydrogens (tertiary/aromatic N) is 3. The van der Waals surface area contributed by atoms with E-state index < -0.39 is 10.0 Å². The van der Waals surface area contributed by atoms with Gasteiger partial charge >= 0.3 is 0 Å². The number of hydrogen-bond acceptors (Lipinski definition) is 5. The molecule has 6 nitrogen and oxygen atoms in total. The van der Waals surface area contributed by atoms with E-state index in [9.17, 15) is 8.42 Å². The molecule has 0 radical (unpaired) electrons. The quantitative estimate of drug-likeness (QED) is 0.738. The van der Waals surface area contributed by atoms with Crippen molar-refractivity contribution in [3.05, 3.63) is 29.3 Å². The highest BCUT2D eigenvalue weighted by Gasteiger charge is 2.31. The summed E-state index contributed by atoms with van der Waals surface area (Å²) in [4.78, 5) is 4.34. The van der Waals surface area contributed by atoms with Gasteiger partial charge in [-0.05, 0) is 24.4 Å². The fraction of sp³-hybridized carbons (Fsp3) is 0.500. The number of halogens is 1. The summed E-state index contributed by atoms with van der Waals surface area (Å²) in [7, 11) is -3.54. The summed E-state index contributed by atoms with van der Waals surface area (Å²) in [6.45, 7) is 4.28. The maximum atomic E-state index is 12.7. The van der Waals surface area contributed by atoms with Crippen LogP contribution in [0.15, 0.2) is 29.2 Å². The first-order valence-electron chi connectivity index (χ1n) is 7.37. The SMILES string of the molecule is O=S(=O)(c1ccccc1Cl)N1CCN(CN2CCOC2=S)CC1. The zero-order chi connectivity index (χ0) is 16.4. The Balaban J connectivity index is 1.62. The first-order chi connectivity index (χ1) is 11.0. The second-order valence-corrected chi connectivity index (χ2v) is 8.13. The summed E-state index contributed by atoms with van der Waals surface area (Å²) >= 11 is 11.2. The molecule has 0 aliphatic carbocycles. The molecule has 2 aliphatic rings. The molecule has 3 rings (SSSR count). The maximum absolute atomic E-state index is 12.7. The maximum Gasteiger partial charge on any atom is 0.260 e. The van der Waals surface area contributed by atoms with E-state index in [1.807, 2.05) is 4.90 Å². The van der Waals surface area contributed by atoms with E-state index in [2.05, 4.69) is 4.90 Å². The minimum absolute atomic E-state index is 0.171. The van der Waals surface area contributed by atoms with Gasteiger partial charge in [0.2, 0.25) is 10.0 Å². The van der Waals surface area contributed by atoms with E-state index >= 15 is 0 Å².